The summed E-state index contributed by atoms with van der Waals surface area (Å²) in [5.41, 5.74) is -0.886. The van der Waals surface area contributed by atoms with Crippen molar-refractivity contribution in [2.75, 3.05) is 0 Å². The molecule has 1 fully saturated rings. The topological polar surface area (TPSA) is 68.3 Å². The van der Waals surface area contributed by atoms with E-state index in [9.17, 15) is 30.4 Å². The van der Waals surface area contributed by atoms with E-state index in [1.807, 2.05) is 0 Å². The van der Waals surface area contributed by atoms with Crippen molar-refractivity contribution in [3.8, 4) is 5.88 Å². The van der Waals surface area contributed by atoms with Gasteiger partial charge < -0.3 is 4.74 Å². The van der Waals surface area contributed by atoms with Crippen LogP contribution in [-0.2, 0) is 16.2 Å². The molecule has 0 bridgehead atoms. The molecule has 158 valence electrons. The largest absolute Gasteiger partial charge is 0.474 e. The van der Waals surface area contributed by atoms with Crippen LogP contribution in [0.4, 0.5) is 22.0 Å². The normalized spacial score (nSPS) is 20.4. The highest BCUT2D eigenvalue weighted by Crippen LogP contribution is 2.30. The van der Waals surface area contributed by atoms with E-state index in [4.69, 9.17) is 4.74 Å². The monoisotopic (exact) mass is 436 g/mol. The Labute approximate surface area is 164 Å². The fraction of sp³-hybridized carbons (Fsp3) is 0.389. The lowest BCUT2D eigenvalue weighted by Gasteiger charge is -2.29. The predicted octanol–water partition coefficient (Wildman–Crippen LogP) is 4.05. The average molecular weight is 436 g/mol. The Morgan fingerprint density at radius 3 is 2.14 bits per heavy atom. The number of ether oxygens (including phenoxy) is 1. The minimum Gasteiger partial charge on any atom is -0.474 e. The standard InChI is InChI=1S/C18H17F5N2O3S/c19-14-2-1-3-15(20)17(14)29(26,27)25-12-5-7-13(8-6-12)28-16-9-4-11(10-24-16)18(21,22)23/h1-4,9-10,12-13,25H,5-8H2. The highest BCUT2D eigenvalue weighted by Gasteiger charge is 2.32. The van der Waals surface area contributed by atoms with Crippen molar-refractivity contribution >= 4 is 10.0 Å². The Morgan fingerprint density at radius 2 is 1.62 bits per heavy atom. The van der Waals surface area contributed by atoms with Crippen LogP contribution in [0, 0.1) is 11.6 Å². The number of nitrogens with zero attached hydrogens (tertiary/aromatic N) is 1. The molecule has 1 aromatic heterocycles. The number of halogens is 5. The van der Waals surface area contributed by atoms with Crippen LogP contribution in [0.3, 0.4) is 0 Å². The second kappa shape index (κ2) is 8.23. The summed E-state index contributed by atoms with van der Waals surface area (Å²) in [6, 6.07) is 4.24. The number of rotatable bonds is 5. The second-order valence-corrected chi connectivity index (χ2v) is 8.30. The van der Waals surface area contributed by atoms with Crippen LogP contribution in [0.25, 0.3) is 0 Å². The third-order valence-corrected chi connectivity index (χ3v) is 6.11. The lowest BCUT2D eigenvalue weighted by molar-refractivity contribution is -0.137. The van der Waals surface area contributed by atoms with Crippen LogP contribution < -0.4 is 9.46 Å². The van der Waals surface area contributed by atoms with Gasteiger partial charge in [-0.15, -0.1) is 0 Å². The molecule has 1 saturated carbocycles. The number of aromatic nitrogens is 1. The molecule has 1 aromatic carbocycles. The van der Waals surface area contributed by atoms with E-state index >= 15 is 0 Å². The van der Waals surface area contributed by atoms with Gasteiger partial charge in [0, 0.05) is 18.3 Å². The molecule has 0 aliphatic heterocycles. The summed E-state index contributed by atoms with van der Waals surface area (Å²) in [4.78, 5) is 2.62. The number of sulfonamides is 1. The Kier molecular flexibility index (Phi) is 6.08. The Bertz CT molecular complexity index is 936. The lowest BCUT2D eigenvalue weighted by Crippen LogP contribution is -2.40. The number of hydrogen-bond donors (Lipinski definition) is 1. The second-order valence-electron chi connectivity index (χ2n) is 6.65. The average Bonchev–Trinajstić information content (AvgIpc) is 2.62. The van der Waals surface area contributed by atoms with E-state index in [2.05, 4.69) is 9.71 Å². The van der Waals surface area contributed by atoms with Crippen LogP contribution in [0.15, 0.2) is 41.4 Å². The number of benzene rings is 1. The number of alkyl halides is 3. The Balaban J connectivity index is 1.57. The van der Waals surface area contributed by atoms with Gasteiger partial charge in [0.15, 0.2) is 4.90 Å². The van der Waals surface area contributed by atoms with E-state index in [0.717, 1.165) is 30.3 Å². The molecule has 0 radical (unpaired) electrons. The van der Waals surface area contributed by atoms with Crippen LogP contribution in [0.2, 0.25) is 0 Å². The zero-order valence-electron chi connectivity index (χ0n) is 14.9. The molecule has 1 aliphatic carbocycles. The maximum absolute atomic E-state index is 13.8. The van der Waals surface area contributed by atoms with Crippen molar-refractivity contribution in [1.82, 2.24) is 9.71 Å². The quantitative estimate of drug-likeness (QED) is 0.719. The van der Waals surface area contributed by atoms with Crippen molar-refractivity contribution in [2.24, 2.45) is 0 Å². The third kappa shape index (κ3) is 5.21. The highest BCUT2D eigenvalue weighted by atomic mass is 32.2. The molecule has 11 heteroatoms. The molecule has 1 aliphatic rings. The van der Waals surface area contributed by atoms with Gasteiger partial charge in [-0.1, -0.05) is 6.07 Å². The van der Waals surface area contributed by atoms with Gasteiger partial charge in [-0.05, 0) is 43.9 Å². The lowest BCUT2D eigenvalue weighted by atomic mass is 9.94. The molecule has 0 spiro atoms. The van der Waals surface area contributed by atoms with E-state index < -0.39 is 44.3 Å². The van der Waals surface area contributed by atoms with Gasteiger partial charge in [0.2, 0.25) is 15.9 Å². The van der Waals surface area contributed by atoms with Crippen molar-refractivity contribution in [2.45, 2.75) is 48.9 Å². The molecule has 0 unspecified atom stereocenters. The number of pyridine rings is 1. The fourth-order valence-electron chi connectivity index (χ4n) is 3.10. The smallest absolute Gasteiger partial charge is 0.417 e. The summed E-state index contributed by atoms with van der Waals surface area (Å²) in [6.07, 6.45) is -2.70. The maximum Gasteiger partial charge on any atom is 0.417 e. The van der Waals surface area contributed by atoms with Crippen molar-refractivity contribution < 1.29 is 35.1 Å². The van der Waals surface area contributed by atoms with Crippen LogP contribution >= 0.6 is 0 Å². The molecule has 3 rings (SSSR count). The third-order valence-electron chi connectivity index (χ3n) is 4.53. The van der Waals surface area contributed by atoms with E-state index in [1.54, 1.807) is 0 Å². The minimum atomic E-state index is -4.49. The summed E-state index contributed by atoms with van der Waals surface area (Å²) < 4.78 is 97.6. The van der Waals surface area contributed by atoms with E-state index in [-0.39, 0.29) is 12.0 Å². The van der Waals surface area contributed by atoms with Crippen LogP contribution in [0.5, 0.6) is 5.88 Å². The summed E-state index contributed by atoms with van der Waals surface area (Å²) in [7, 11) is -4.38. The fourth-order valence-corrected chi connectivity index (χ4v) is 4.55. The molecule has 1 N–H and O–H groups in total. The minimum absolute atomic E-state index is 0.0375. The highest BCUT2D eigenvalue weighted by molar-refractivity contribution is 7.89. The van der Waals surface area contributed by atoms with Gasteiger partial charge in [0.05, 0.1) is 5.56 Å². The molecular weight excluding hydrogens is 419 g/mol. The SMILES string of the molecule is O=S(=O)(NC1CCC(Oc2ccc(C(F)(F)F)cn2)CC1)c1c(F)cccc1F. The first-order chi connectivity index (χ1) is 13.6. The van der Waals surface area contributed by atoms with Gasteiger partial charge in [-0.3, -0.25) is 0 Å². The van der Waals surface area contributed by atoms with Gasteiger partial charge in [-0.2, -0.15) is 13.2 Å². The first-order valence-corrected chi connectivity index (χ1v) is 10.2. The van der Waals surface area contributed by atoms with Crippen LogP contribution in [0.1, 0.15) is 31.2 Å². The van der Waals surface area contributed by atoms with E-state index in [0.29, 0.717) is 31.9 Å². The van der Waals surface area contributed by atoms with Gasteiger partial charge in [-0.25, -0.2) is 26.9 Å². The first kappa shape index (κ1) is 21.4. The first-order valence-electron chi connectivity index (χ1n) is 8.72. The molecule has 0 atom stereocenters. The summed E-state index contributed by atoms with van der Waals surface area (Å²) >= 11 is 0. The van der Waals surface area contributed by atoms with Crippen molar-refractivity contribution in [1.29, 1.82) is 0 Å². The van der Waals surface area contributed by atoms with Crippen LogP contribution in [-0.4, -0.2) is 25.5 Å². The van der Waals surface area contributed by atoms with Crippen molar-refractivity contribution in [3.63, 3.8) is 0 Å². The Hall–Kier alpha value is -2.27. The molecule has 29 heavy (non-hydrogen) atoms. The van der Waals surface area contributed by atoms with Crippen molar-refractivity contribution in [3.05, 3.63) is 53.7 Å². The zero-order chi connectivity index (χ0) is 21.2. The Morgan fingerprint density at radius 1 is 1.00 bits per heavy atom. The molecular formula is C18H17F5N2O3S. The molecule has 5 nitrogen and oxygen atoms in total. The molecule has 2 aromatic rings. The number of hydrogen-bond acceptors (Lipinski definition) is 4. The predicted molar refractivity (Wildman–Crippen MR) is 92.6 cm³/mol. The van der Waals surface area contributed by atoms with E-state index in [1.165, 1.54) is 0 Å². The summed E-state index contributed by atoms with van der Waals surface area (Å²) in [5, 5.41) is 0. The van der Waals surface area contributed by atoms with Gasteiger partial charge in [0.1, 0.15) is 17.7 Å². The molecule has 0 amide bonds. The maximum atomic E-state index is 13.8. The van der Waals surface area contributed by atoms with Gasteiger partial charge in [0.25, 0.3) is 0 Å². The van der Waals surface area contributed by atoms with Gasteiger partial charge >= 0.3 is 6.18 Å². The summed E-state index contributed by atoms with van der Waals surface area (Å²) in [5.74, 6) is -2.32. The zero-order valence-corrected chi connectivity index (χ0v) is 15.7. The summed E-state index contributed by atoms with van der Waals surface area (Å²) in [6.45, 7) is 0. The molecule has 0 saturated heterocycles. The molecule has 1 heterocycles. The number of nitrogens with one attached hydrogen (secondary N) is 1.